The number of aromatic nitrogens is 3. The first-order valence-electron chi connectivity index (χ1n) is 10.2. The van der Waals surface area contributed by atoms with Crippen LogP contribution in [0.15, 0.2) is 30.6 Å². The smallest absolute Gasteiger partial charge is 0.409 e. The maximum atomic E-state index is 11.8. The molecule has 0 unspecified atom stereocenters. The molecule has 0 radical (unpaired) electrons. The van der Waals surface area contributed by atoms with E-state index in [2.05, 4.69) is 20.2 Å². The Bertz CT molecular complexity index is 793. The lowest BCUT2D eigenvalue weighted by Crippen LogP contribution is -2.42. The average molecular weight is 399 g/mol. The molecule has 1 saturated heterocycles. The number of rotatable bonds is 7. The fraction of sp³-hybridized carbons (Fsp3) is 0.524. The number of nitrogens with zero attached hydrogens (tertiary/aromatic N) is 5. The van der Waals surface area contributed by atoms with Crippen LogP contribution < -0.4 is 10.2 Å². The van der Waals surface area contributed by atoms with Crippen molar-refractivity contribution in [2.75, 3.05) is 43.5 Å². The first-order chi connectivity index (χ1) is 14.0. The van der Waals surface area contributed by atoms with Gasteiger partial charge in [-0.3, -0.25) is 4.98 Å². The molecule has 1 N–H and O–H groups in total. The van der Waals surface area contributed by atoms with E-state index in [0.717, 1.165) is 37.3 Å². The van der Waals surface area contributed by atoms with E-state index >= 15 is 0 Å². The molecular formula is C21H30N6O2. The minimum absolute atomic E-state index is 0.220. The van der Waals surface area contributed by atoms with Gasteiger partial charge in [0.2, 0.25) is 5.95 Å². The quantitative estimate of drug-likeness (QED) is 0.768. The summed E-state index contributed by atoms with van der Waals surface area (Å²) in [6, 6.07) is 6.31. The van der Waals surface area contributed by atoms with E-state index in [9.17, 15) is 4.79 Å². The summed E-state index contributed by atoms with van der Waals surface area (Å²) in [6.07, 6.45) is 6.05. The van der Waals surface area contributed by atoms with Crippen molar-refractivity contribution >= 4 is 17.9 Å². The van der Waals surface area contributed by atoms with Gasteiger partial charge in [0.15, 0.2) is 0 Å². The molecule has 1 aliphatic rings. The highest BCUT2D eigenvalue weighted by Crippen LogP contribution is 2.19. The second-order valence-corrected chi connectivity index (χ2v) is 7.33. The van der Waals surface area contributed by atoms with Gasteiger partial charge in [-0.1, -0.05) is 0 Å². The zero-order valence-corrected chi connectivity index (χ0v) is 17.5. The van der Waals surface area contributed by atoms with Crippen LogP contribution in [0, 0.1) is 6.92 Å². The molecule has 0 atom stereocenters. The molecule has 2 aromatic rings. The van der Waals surface area contributed by atoms with Gasteiger partial charge in [-0.25, -0.2) is 9.78 Å². The fourth-order valence-electron chi connectivity index (χ4n) is 3.37. The van der Waals surface area contributed by atoms with Crippen LogP contribution in [0.2, 0.25) is 0 Å². The maximum Gasteiger partial charge on any atom is 0.409 e. The molecule has 8 nitrogen and oxygen atoms in total. The van der Waals surface area contributed by atoms with E-state index in [-0.39, 0.29) is 12.1 Å². The van der Waals surface area contributed by atoms with Crippen LogP contribution in [0.5, 0.6) is 0 Å². The van der Waals surface area contributed by atoms with Gasteiger partial charge in [0.05, 0.1) is 6.61 Å². The van der Waals surface area contributed by atoms with Gasteiger partial charge < -0.3 is 19.9 Å². The van der Waals surface area contributed by atoms with Crippen molar-refractivity contribution in [3.63, 3.8) is 0 Å². The number of carbonyl (C=O) groups excluding carboxylic acids is 1. The van der Waals surface area contributed by atoms with Crippen molar-refractivity contribution in [1.82, 2.24) is 19.9 Å². The Morgan fingerprint density at radius 1 is 1.28 bits per heavy atom. The minimum Gasteiger partial charge on any atom is -0.450 e. The van der Waals surface area contributed by atoms with Gasteiger partial charge in [-0.2, -0.15) is 4.98 Å². The van der Waals surface area contributed by atoms with E-state index in [0.29, 0.717) is 25.6 Å². The van der Waals surface area contributed by atoms with Gasteiger partial charge in [-0.15, -0.1) is 0 Å². The Labute approximate surface area is 172 Å². The van der Waals surface area contributed by atoms with Gasteiger partial charge in [0, 0.05) is 56.9 Å². The lowest BCUT2D eigenvalue weighted by Gasteiger charge is -2.32. The standard InChI is InChI=1S/C21H30N6O2/c1-4-29-21(28)27-13-8-18(9-14-27)24-19-15-16(2)23-20(25-19)26(3)12-7-17-5-10-22-11-6-17/h5-6,10-11,15,18H,4,7-9,12-14H2,1-3H3,(H,23,24,25). The summed E-state index contributed by atoms with van der Waals surface area (Å²) in [7, 11) is 2.01. The second kappa shape index (κ2) is 10.0. The number of hydrogen-bond donors (Lipinski definition) is 1. The Hall–Kier alpha value is -2.90. The monoisotopic (exact) mass is 398 g/mol. The van der Waals surface area contributed by atoms with Crippen molar-refractivity contribution in [3.8, 4) is 0 Å². The maximum absolute atomic E-state index is 11.8. The van der Waals surface area contributed by atoms with Gasteiger partial charge in [0.1, 0.15) is 5.82 Å². The average Bonchev–Trinajstić information content (AvgIpc) is 2.73. The number of amides is 1. The molecule has 1 aliphatic heterocycles. The Morgan fingerprint density at radius 2 is 2.00 bits per heavy atom. The molecule has 3 rings (SSSR count). The van der Waals surface area contributed by atoms with Crippen molar-refractivity contribution in [3.05, 3.63) is 41.9 Å². The Balaban J connectivity index is 1.56. The first kappa shape index (κ1) is 20.8. The number of pyridine rings is 1. The van der Waals surface area contributed by atoms with Gasteiger partial charge in [0.25, 0.3) is 0 Å². The van der Waals surface area contributed by atoms with Crippen molar-refractivity contribution in [2.45, 2.75) is 39.2 Å². The largest absolute Gasteiger partial charge is 0.450 e. The van der Waals surface area contributed by atoms with Crippen LogP contribution in [-0.2, 0) is 11.2 Å². The van der Waals surface area contributed by atoms with Crippen LogP contribution in [-0.4, -0.2) is 65.3 Å². The number of likely N-dealkylation sites (N-methyl/N-ethyl adjacent to an activating group) is 1. The summed E-state index contributed by atoms with van der Waals surface area (Å²) >= 11 is 0. The summed E-state index contributed by atoms with van der Waals surface area (Å²) in [4.78, 5) is 29.0. The number of carbonyl (C=O) groups is 1. The third kappa shape index (κ3) is 6.04. The van der Waals surface area contributed by atoms with E-state index in [1.54, 1.807) is 4.90 Å². The van der Waals surface area contributed by atoms with E-state index in [1.165, 1.54) is 5.56 Å². The molecule has 0 saturated carbocycles. The van der Waals surface area contributed by atoms with Crippen LogP contribution in [0.4, 0.5) is 16.6 Å². The zero-order valence-electron chi connectivity index (χ0n) is 17.5. The predicted octanol–water partition coefficient (Wildman–Crippen LogP) is 2.89. The lowest BCUT2D eigenvalue weighted by atomic mass is 10.1. The number of nitrogens with one attached hydrogen (secondary N) is 1. The number of hydrogen-bond acceptors (Lipinski definition) is 7. The number of aryl methyl sites for hydroxylation is 1. The molecule has 2 aromatic heterocycles. The SMILES string of the molecule is CCOC(=O)N1CCC(Nc2cc(C)nc(N(C)CCc3ccncc3)n2)CC1. The zero-order chi connectivity index (χ0) is 20.6. The fourth-order valence-corrected chi connectivity index (χ4v) is 3.37. The topological polar surface area (TPSA) is 83.5 Å². The summed E-state index contributed by atoms with van der Waals surface area (Å²) in [6.45, 7) is 6.43. The first-order valence-corrected chi connectivity index (χ1v) is 10.2. The highest BCUT2D eigenvalue weighted by molar-refractivity contribution is 5.67. The van der Waals surface area contributed by atoms with Gasteiger partial charge >= 0.3 is 6.09 Å². The molecule has 29 heavy (non-hydrogen) atoms. The molecule has 8 heteroatoms. The summed E-state index contributed by atoms with van der Waals surface area (Å²) in [5.41, 5.74) is 2.17. The number of piperidine rings is 1. The summed E-state index contributed by atoms with van der Waals surface area (Å²) in [5.74, 6) is 1.54. The van der Waals surface area contributed by atoms with Crippen LogP contribution in [0.25, 0.3) is 0 Å². The van der Waals surface area contributed by atoms with E-state index in [1.807, 2.05) is 51.5 Å². The third-order valence-electron chi connectivity index (χ3n) is 5.04. The van der Waals surface area contributed by atoms with Crippen molar-refractivity contribution in [1.29, 1.82) is 0 Å². The number of anilines is 2. The van der Waals surface area contributed by atoms with Crippen molar-refractivity contribution in [2.24, 2.45) is 0 Å². The molecule has 0 bridgehead atoms. The highest BCUT2D eigenvalue weighted by atomic mass is 16.6. The normalized spacial score (nSPS) is 14.5. The highest BCUT2D eigenvalue weighted by Gasteiger charge is 2.24. The molecule has 0 spiro atoms. The molecule has 156 valence electrons. The summed E-state index contributed by atoms with van der Waals surface area (Å²) < 4.78 is 5.08. The molecule has 0 aliphatic carbocycles. The van der Waals surface area contributed by atoms with Crippen molar-refractivity contribution < 1.29 is 9.53 Å². The molecule has 1 amide bonds. The number of likely N-dealkylation sites (tertiary alicyclic amines) is 1. The second-order valence-electron chi connectivity index (χ2n) is 7.33. The van der Waals surface area contributed by atoms with Crippen LogP contribution in [0.3, 0.4) is 0 Å². The van der Waals surface area contributed by atoms with Gasteiger partial charge in [-0.05, 0) is 50.8 Å². The van der Waals surface area contributed by atoms with E-state index in [4.69, 9.17) is 9.72 Å². The molecule has 3 heterocycles. The molecular weight excluding hydrogens is 368 g/mol. The van der Waals surface area contributed by atoms with Crippen LogP contribution >= 0.6 is 0 Å². The predicted molar refractivity (Wildman–Crippen MR) is 113 cm³/mol. The minimum atomic E-state index is -0.220. The molecule has 0 aromatic carbocycles. The molecule has 1 fully saturated rings. The third-order valence-corrected chi connectivity index (χ3v) is 5.04. The Morgan fingerprint density at radius 3 is 2.69 bits per heavy atom. The summed E-state index contributed by atoms with van der Waals surface area (Å²) in [5, 5.41) is 3.52. The van der Waals surface area contributed by atoms with Crippen LogP contribution in [0.1, 0.15) is 31.0 Å². The lowest BCUT2D eigenvalue weighted by molar-refractivity contribution is 0.0983. The Kier molecular flexibility index (Phi) is 7.21. The number of ether oxygens (including phenoxy) is 1. The van der Waals surface area contributed by atoms with E-state index < -0.39 is 0 Å².